The molecule has 1 aromatic heterocycles. The van der Waals surface area contributed by atoms with Gasteiger partial charge in [-0.1, -0.05) is 30.3 Å². The van der Waals surface area contributed by atoms with Crippen molar-refractivity contribution in [1.29, 1.82) is 0 Å². The topological polar surface area (TPSA) is 71.2 Å². The van der Waals surface area contributed by atoms with Crippen LogP contribution in [0.5, 0.6) is 0 Å². The fraction of sp³-hybridized carbons (Fsp3) is 0.294. The molecule has 0 aliphatic carbocycles. The average molecular weight is 298 g/mol. The molecule has 1 fully saturated rings. The summed E-state index contributed by atoms with van der Waals surface area (Å²) < 4.78 is 5.80. The summed E-state index contributed by atoms with van der Waals surface area (Å²) in [5.74, 6) is 0.0122. The number of aromatic nitrogens is 1. The highest BCUT2D eigenvalue weighted by Crippen LogP contribution is 2.33. The Morgan fingerprint density at radius 2 is 2.09 bits per heavy atom. The summed E-state index contributed by atoms with van der Waals surface area (Å²) in [5.41, 5.74) is 1.23. The molecule has 2 N–H and O–H groups in total. The SMILES string of the molecule is O=C(NC[C@H]1CCO[C@@H]1c1ccccc1)c1cc[nH]c(=O)c1. The van der Waals surface area contributed by atoms with Crippen LogP contribution in [-0.2, 0) is 4.74 Å². The first-order chi connectivity index (χ1) is 10.7. The van der Waals surface area contributed by atoms with E-state index in [-0.39, 0.29) is 23.5 Å². The summed E-state index contributed by atoms with van der Waals surface area (Å²) in [6, 6.07) is 12.9. The fourth-order valence-corrected chi connectivity index (χ4v) is 2.77. The second-order valence-corrected chi connectivity index (χ2v) is 5.40. The Balaban J connectivity index is 1.63. The molecule has 0 unspecified atom stereocenters. The van der Waals surface area contributed by atoms with Crippen LogP contribution in [0.15, 0.2) is 53.5 Å². The van der Waals surface area contributed by atoms with E-state index in [1.807, 2.05) is 30.3 Å². The number of hydrogen-bond donors (Lipinski definition) is 2. The van der Waals surface area contributed by atoms with Gasteiger partial charge in [0.25, 0.3) is 5.91 Å². The number of nitrogens with one attached hydrogen (secondary N) is 2. The first-order valence-electron chi connectivity index (χ1n) is 7.37. The van der Waals surface area contributed by atoms with Gasteiger partial charge in [-0.15, -0.1) is 0 Å². The van der Waals surface area contributed by atoms with E-state index in [0.717, 1.165) is 12.0 Å². The van der Waals surface area contributed by atoms with Crippen LogP contribution in [0.2, 0.25) is 0 Å². The number of amides is 1. The molecular formula is C17H18N2O3. The van der Waals surface area contributed by atoms with Crippen molar-refractivity contribution in [2.45, 2.75) is 12.5 Å². The first-order valence-corrected chi connectivity index (χ1v) is 7.37. The van der Waals surface area contributed by atoms with Crippen molar-refractivity contribution < 1.29 is 9.53 Å². The standard InChI is InChI=1S/C17H18N2O3/c20-15-10-13(6-8-18-15)17(21)19-11-14-7-9-22-16(14)12-4-2-1-3-5-12/h1-6,8,10,14,16H,7,9,11H2,(H,18,20)(H,19,21)/t14-,16-/m1/s1. The van der Waals surface area contributed by atoms with Gasteiger partial charge in [-0.3, -0.25) is 9.59 Å². The lowest BCUT2D eigenvalue weighted by atomic mass is 9.95. The molecule has 114 valence electrons. The molecule has 1 amide bonds. The Bertz CT molecular complexity index is 696. The number of pyridine rings is 1. The van der Waals surface area contributed by atoms with Crippen molar-refractivity contribution in [3.05, 3.63) is 70.1 Å². The summed E-state index contributed by atoms with van der Waals surface area (Å²) in [7, 11) is 0. The molecule has 3 rings (SSSR count). The third-order valence-electron chi connectivity index (χ3n) is 3.90. The summed E-state index contributed by atoms with van der Waals surface area (Å²) in [5, 5.41) is 2.90. The zero-order valence-electron chi connectivity index (χ0n) is 12.1. The lowest BCUT2D eigenvalue weighted by molar-refractivity contribution is 0.0846. The van der Waals surface area contributed by atoms with Gasteiger partial charge in [0.1, 0.15) is 0 Å². The molecule has 0 spiro atoms. The van der Waals surface area contributed by atoms with E-state index in [4.69, 9.17) is 4.74 Å². The molecule has 1 aromatic carbocycles. The van der Waals surface area contributed by atoms with E-state index in [0.29, 0.717) is 18.7 Å². The average Bonchev–Trinajstić information content (AvgIpc) is 3.02. The number of rotatable bonds is 4. The van der Waals surface area contributed by atoms with Crippen molar-refractivity contribution in [3.8, 4) is 0 Å². The monoisotopic (exact) mass is 298 g/mol. The van der Waals surface area contributed by atoms with Gasteiger partial charge >= 0.3 is 0 Å². The van der Waals surface area contributed by atoms with Crippen molar-refractivity contribution in [2.24, 2.45) is 5.92 Å². The summed E-state index contributed by atoms with van der Waals surface area (Å²) in [4.78, 5) is 25.8. The Kier molecular flexibility index (Phi) is 4.34. The van der Waals surface area contributed by atoms with Crippen molar-refractivity contribution in [3.63, 3.8) is 0 Å². The van der Waals surface area contributed by atoms with Crippen molar-refractivity contribution in [2.75, 3.05) is 13.2 Å². The molecule has 1 aliphatic rings. The van der Waals surface area contributed by atoms with Gasteiger partial charge in [0.05, 0.1) is 6.10 Å². The zero-order valence-corrected chi connectivity index (χ0v) is 12.1. The Morgan fingerprint density at radius 3 is 2.86 bits per heavy atom. The van der Waals surface area contributed by atoms with Crippen molar-refractivity contribution >= 4 is 5.91 Å². The summed E-state index contributed by atoms with van der Waals surface area (Å²) >= 11 is 0. The Hall–Kier alpha value is -2.40. The van der Waals surface area contributed by atoms with Crippen LogP contribution >= 0.6 is 0 Å². The molecular weight excluding hydrogens is 280 g/mol. The number of benzene rings is 1. The van der Waals surface area contributed by atoms with Gasteiger partial charge in [0.15, 0.2) is 0 Å². The van der Waals surface area contributed by atoms with E-state index < -0.39 is 0 Å². The van der Waals surface area contributed by atoms with E-state index in [1.165, 1.54) is 12.3 Å². The van der Waals surface area contributed by atoms with E-state index in [2.05, 4.69) is 10.3 Å². The second-order valence-electron chi connectivity index (χ2n) is 5.40. The molecule has 1 saturated heterocycles. The number of H-pyrrole nitrogens is 1. The van der Waals surface area contributed by atoms with Crippen LogP contribution in [-0.4, -0.2) is 24.0 Å². The maximum absolute atomic E-state index is 12.1. The number of carbonyl (C=O) groups is 1. The number of aromatic amines is 1. The molecule has 0 bridgehead atoms. The van der Waals surface area contributed by atoms with Crippen LogP contribution in [0.4, 0.5) is 0 Å². The van der Waals surface area contributed by atoms with Crippen LogP contribution < -0.4 is 10.9 Å². The summed E-state index contributed by atoms with van der Waals surface area (Å²) in [6.07, 6.45) is 2.40. The third-order valence-corrected chi connectivity index (χ3v) is 3.90. The van der Waals surface area contributed by atoms with Gasteiger partial charge in [0.2, 0.25) is 5.56 Å². The van der Waals surface area contributed by atoms with Crippen LogP contribution in [0.3, 0.4) is 0 Å². The molecule has 5 nitrogen and oxygen atoms in total. The minimum Gasteiger partial charge on any atom is -0.373 e. The maximum atomic E-state index is 12.1. The Morgan fingerprint density at radius 1 is 1.27 bits per heavy atom. The molecule has 22 heavy (non-hydrogen) atoms. The number of hydrogen-bond acceptors (Lipinski definition) is 3. The minimum atomic E-state index is -0.279. The van der Waals surface area contributed by atoms with Crippen molar-refractivity contribution in [1.82, 2.24) is 10.3 Å². The highest BCUT2D eigenvalue weighted by atomic mass is 16.5. The molecule has 5 heteroatoms. The maximum Gasteiger partial charge on any atom is 0.251 e. The zero-order chi connectivity index (χ0) is 15.4. The fourth-order valence-electron chi connectivity index (χ4n) is 2.77. The second kappa shape index (κ2) is 6.58. The van der Waals surface area contributed by atoms with Gasteiger partial charge in [-0.25, -0.2) is 0 Å². The van der Waals surface area contributed by atoms with Crippen LogP contribution in [0.25, 0.3) is 0 Å². The van der Waals surface area contributed by atoms with E-state index >= 15 is 0 Å². The number of carbonyl (C=O) groups excluding carboxylic acids is 1. The molecule has 2 aromatic rings. The first kappa shape index (κ1) is 14.5. The predicted octanol–water partition coefficient (Wildman–Crippen LogP) is 1.88. The molecule has 0 saturated carbocycles. The minimum absolute atomic E-state index is 0.0145. The molecule has 2 heterocycles. The lowest BCUT2D eigenvalue weighted by Gasteiger charge is -2.19. The summed E-state index contributed by atoms with van der Waals surface area (Å²) in [6.45, 7) is 1.23. The van der Waals surface area contributed by atoms with Gasteiger partial charge in [0, 0.05) is 36.9 Å². The Labute approximate surface area is 128 Å². The predicted molar refractivity (Wildman–Crippen MR) is 82.6 cm³/mol. The van der Waals surface area contributed by atoms with Crippen LogP contribution in [0.1, 0.15) is 28.4 Å². The van der Waals surface area contributed by atoms with E-state index in [1.54, 1.807) is 6.07 Å². The third kappa shape index (κ3) is 3.26. The normalized spacial score (nSPS) is 20.7. The van der Waals surface area contributed by atoms with Gasteiger partial charge in [-0.2, -0.15) is 0 Å². The molecule has 1 aliphatic heterocycles. The van der Waals surface area contributed by atoms with Gasteiger partial charge < -0.3 is 15.0 Å². The van der Waals surface area contributed by atoms with Gasteiger partial charge in [-0.05, 0) is 18.1 Å². The van der Waals surface area contributed by atoms with Crippen LogP contribution in [0, 0.1) is 5.92 Å². The quantitative estimate of drug-likeness (QED) is 0.905. The highest BCUT2D eigenvalue weighted by Gasteiger charge is 2.29. The smallest absolute Gasteiger partial charge is 0.251 e. The molecule has 2 atom stereocenters. The highest BCUT2D eigenvalue weighted by molar-refractivity contribution is 5.93. The lowest BCUT2D eigenvalue weighted by Crippen LogP contribution is -2.31. The van der Waals surface area contributed by atoms with E-state index in [9.17, 15) is 9.59 Å². The molecule has 0 radical (unpaired) electrons. The number of ether oxygens (including phenoxy) is 1. The largest absolute Gasteiger partial charge is 0.373 e.